The number of nitrogens with one attached hydrogen (secondary N) is 1. The summed E-state index contributed by atoms with van der Waals surface area (Å²) in [4.78, 5) is 7.15. The van der Waals surface area contributed by atoms with Gasteiger partial charge in [0, 0.05) is 26.2 Å². The largest absolute Gasteiger partial charge is 0.493 e. The van der Waals surface area contributed by atoms with Crippen LogP contribution in [0.25, 0.3) is 0 Å². The summed E-state index contributed by atoms with van der Waals surface area (Å²) in [5.74, 6) is 2.49. The first kappa shape index (κ1) is 20.4. The van der Waals surface area contributed by atoms with Gasteiger partial charge >= 0.3 is 0 Å². The van der Waals surface area contributed by atoms with E-state index >= 15 is 0 Å². The van der Waals surface area contributed by atoms with Crippen molar-refractivity contribution in [2.75, 3.05) is 40.0 Å². The number of methoxy groups -OCH3 is 1. The molecule has 0 saturated carbocycles. The molecule has 1 heterocycles. The van der Waals surface area contributed by atoms with Crippen LogP contribution in [0.15, 0.2) is 23.2 Å². The summed E-state index contributed by atoms with van der Waals surface area (Å²) < 4.78 is 16.8. The molecule has 146 valence electrons. The molecular formula is C20H33N3O3. The number of nitrogens with zero attached hydrogens (tertiary/aromatic N) is 2. The second-order valence-corrected chi connectivity index (χ2v) is 6.23. The van der Waals surface area contributed by atoms with Crippen LogP contribution in [0.5, 0.6) is 11.5 Å². The van der Waals surface area contributed by atoms with Crippen LogP contribution in [0.2, 0.25) is 0 Å². The Morgan fingerprint density at radius 1 is 1.15 bits per heavy atom. The van der Waals surface area contributed by atoms with E-state index in [0.717, 1.165) is 62.1 Å². The fourth-order valence-corrected chi connectivity index (χ4v) is 3.15. The second-order valence-electron chi connectivity index (χ2n) is 6.23. The van der Waals surface area contributed by atoms with Crippen molar-refractivity contribution in [3.8, 4) is 11.5 Å². The van der Waals surface area contributed by atoms with Crippen LogP contribution in [-0.2, 0) is 11.3 Å². The lowest BCUT2D eigenvalue weighted by molar-refractivity contribution is 0.0263. The normalized spacial score (nSPS) is 15.8. The SMILES string of the molecule is CCNC(=NCc1ccc(OC)c(OCC)c1)N1CCC(OCC)CC1. The molecule has 0 bridgehead atoms. The molecule has 6 heteroatoms. The van der Waals surface area contributed by atoms with Crippen molar-refractivity contribution in [2.45, 2.75) is 46.3 Å². The average molecular weight is 364 g/mol. The van der Waals surface area contributed by atoms with Gasteiger partial charge in [0.1, 0.15) is 0 Å². The summed E-state index contributed by atoms with van der Waals surface area (Å²) in [5.41, 5.74) is 1.11. The van der Waals surface area contributed by atoms with Gasteiger partial charge in [-0.25, -0.2) is 4.99 Å². The number of ether oxygens (including phenoxy) is 3. The Hall–Kier alpha value is -1.95. The maximum absolute atomic E-state index is 5.75. The molecule has 1 aromatic carbocycles. The third-order valence-electron chi connectivity index (χ3n) is 4.42. The number of hydrogen-bond donors (Lipinski definition) is 1. The topological polar surface area (TPSA) is 55.3 Å². The van der Waals surface area contributed by atoms with Gasteiger partial charge < -0.3 is 24.4 Å². The van der Waals surface area contributed by atoms with E-state index in [9.17, 15) is 0 Å². The van der Waals surface area contributed by atoms with Gasteiger partial charge in [-0.1, -0.05) is 6.07 Å². The molecule has 0 radical (unpaired) electrons. The predicted octanol–water partition coefficient (Wildman–Crippen LogP) is 3.06. The van der Waals surface area contributed by atoms with Crippen LogP contribution >= 0.6 is 0 Å². The van der Waals surface area contributed by atoms with Gasteiger partial charge in [-0.3, -0.25) is 0 Å². The Labute approximate surface area is 157 Å². The number of aliphatic imine (C=N–C) groups is 1. The van der Waals surface area contributed by atoms with Gasteiger partial charge in [0.25, 0.3) is 0 Å². The van der Waals surface area contributed by atoms with Gasteiger partial charge in [0.05, 0.1) is 26.4 Å². The minimum absolute atomic E-state index is 0.384. The lowest BCUT2D eigenvalue weighted by atomic mass is 10.1. The third-order valence-corrected chi connectivity index (χ3v) is 4.42. The molecule has 0 spiro atoms. The van der Waals surface area contributed by atoms with Crippen molar-refractivity contribution < 1.29 is 14.2 Å². The molecule has 6 nitrogen and oxygen atoms in total. The first-order valence-corrected chi connectivity index (χ1v) is 9.66. The Morgan fingerprint density at radius 3 is 2.54 bits per heavy atom. The molecule has 26 heavy (non-hydrogen) atoms. The van der Waals surface area contributed by atoms with Crippen molar-refractivity contribution in [3.63, 3.8) is 0 Å². The molecule has 1 saturated heterocycles. The lowest BCUT2D eigenvalue weighted by Crippen LogP contribution is -2.47. The number of likely N-dealkylation sites (tertiary alicyclic amines) is 1. The molecule has 1 fully saturated rings. The lowest BCUT2D eigenvalue weighted by Gasteiger charge is -2.34. The zero-order valence-electron chi connectivity index (χ0n) is 16.6. The Morgan fingerprint density at radius 2 is 1.92 bits per heavy atom. The van der Waals surface area contributed by atoms with Crippen LogP contribution in [0.3, 0.4) is 0 Å². The monoisotopic (exact) mass is 363 g/mol. The van der Waals surface area contributed by atoms with Gasteiger partial charge in [-0.15, -0.1) is 0 Å². The molecule has 1 aliphatic heterocycles. The number of rotatable bonds is 8. The highest BCUT2D eigenvalue weighted by Gasteiger charge is 2.21. The van der Waals surface area contributed by atoms with Crippen LogP contribution < -0.4 is 14.8 Å². The highest BCUT2D eigenvalue weighted by atomic mass is 16.5. The average Bonchev–Trinajstić information content (AvgIpc) is 2.66. The van der Waals surface area contributed by atoms with E-state index in [0.29, 0.717) is 19.3 Å². The van der Waals surface area contributed by atoms with Crippen molar-refractivity contribution in [1.29, 1.82) is 0 Å². The van der Waals surface area contributed by atoms with E-state index in [1.165, 1.54) is 0 Å². The summed E-state index contributed by atoms with van der Waals surface area (Å²) in [6, 6.07) is 5.99. The summed E-state index contributed by atoms with van der Waals surface area (Å²) in [6.07, 6.45) is 2.49. The first-order chi connectivity index (χ1) is 12.7. The molecule has 0 aliphatic carbocycles. The van der Waals surface area contributed by atoms with Gasteiger partial charge in [0.2, 0.25) is 0 Å². The van der Waals surface area contributed by atoms with Gasteiger partial charge in [-0.2, -0.15) is 0 Å². The highest BCUT2D eigenvalue weighted by molar-refractivity contribution is 5.80. The standard InChI is InChI=1S/C20H33N3O3/c1-5-21-20(23-12-10-17(11-13-23)25-6-2)22-15-16-8-9-18(24-4)19(14-16)26-7-3/h8-9,14,17H,5-7,10-13,15H2,1-4H3,(H,21,22). The quantitative estimate of drug-likeness (QED) is 0.568. The number of hydrogen-bond acceptors (Lipinski definition) is 4. The molecule has 1 aromatic rings. The van der Waals surface area contributed by atoms with Crippen LogP contribution in [0.1, 0.15) is 39.2 Å². The van der Waals surface area contributed by atoms with E-state index in [4.69, 9.17) is 19.2 Å². The summed E-state index contributed by atoms with van der Waals surface area (Å²) >= 11 is 0. The summed E-state index contributed by atoms with van der Waals surface area (Å²) in [6.45, 7) is 11.0. The maximum atomic E-state index is 5.75. The minimum Gasteiger partial charge on any atom is -0.493 e. The van der Waals surface area contributed by atoms with Crippen molar-refractivity contribution in [2.24, 2.45) is 4.99 Å². The minimum atomic E-state index is 0.384. The van der Waals surface area contributed by atoms with Gasteiger partial charge in [0.15, 0.2) is 17.5 Å². The maximum Gasteiger partial charge on any atom is 0.194 e. The Kier molecular flexibility index (Phi) is 8.54. The number of guanidine groups is 1. The van der Waals surface area contributed by atoms with Crippen LogP contribution in [0, 0.1) is 0 Å². The van der Waals surface area contributed by atoms with E-state index < -0.39 is 0 Å². The molecule has 1 aliphatic rings. The number of benzene rings is 1. The van der Waals surface area contributed by atoms with E-state index in [1.807, 2.05) is 25.1 Å². The van der Waals surface area contributed by atoms with E-state index in [1.54, 1.807) is 7.11 Å². The van der Waals surface area contributed by atoms with Gasteiger partial charge in [-0.05, 0) is 51.3 Å². The Balaban J connectivity index is 2.03. The molecule has 0 atom stereocenters. The molecule has 0 unspecified atom stereocenters. The predicted molar refractivity (Wildman–Crippen MR) is 105 cm³/mol. The molecule has 2 rings (SSSR count). The van der Waals surface area contributed by atoms with Crippen LogP contribution in [-0.4, -0.2) is 56.9 Å². The number of piperidine rings is 1. The summed E-state index contributed by atoms with van der Waals surface area (Å²) in [7, 11) is 1.66. The van der Waals surface area contributed by atoms with E-state index in [2.05, 4.69) is 24.1 Å². The third kappa shape index (κ3) is 5.80. The van der Waals surface area contributed by atoms with Crippen LogP contribution in [0.4, 0.5) is 0 Å². The molecule has 1 N–H and O–H groups in total. The zero-order chi connectivity index (χ0) is 18.8. The molecular weight excluding hydrogens is 330 g/mol. The summed E-state index contributed by atoms with van der Waals surface area (Å²) in [5, 5.41) is 3.41. The van der Waals surface area contributed by atoms with E-state index in [-0.39, 0.29) is 0 Å². The fraction of sp³-hybridized carbons (Fsp3) is 0.650. The Bertz CT molecular complexity index is 569. The fourth-order valence-electron chi connectivity index (χ4n) is 3.15. The van der Waals surface area contributed by atoms with Crippen molar-refractivity contribution >= 4 is 5.96 Å². The van der Waals surface area contributed by atoms with Crippen molar-refractivity contribution in [3.05, 3.63) is 23.8 Å². The smallest absolute Gasteiger partial charge is 0.194 e. The highest BCUT2D eigenvalue weighted by Crippen LogP contribution is 2.28. The molecule has 0 aromatic heterocycles. The zero-order valence-corrected chi connectivity index (χ0v) is 16.6. The van der Waals surface area contributed by atoms with Crippen molar-refractivity contribution in [1.82, 2.24) is 10.2 Å². The first-order valence-electron chi connectivity index (χ1n) is 9.66. The second kappa shape index (κ2) is 10.9. The molecule has 0 amide bonds.